The normalized spacial score (nSPS) is 30.5. The summed E-state index contributed by atoms with van der Waals surface area (Å²) in [4.78, 5) is 14.1. The number of hydrogen-bond acceptors (Lipinski definition) is 2. The minimum Gasteiger partial charge on any atom is -0.444 e. The molecular formula is C13H19Br2NO2. The van der Waals surface area contributed by atoms with Crippen LogP contribution in [0.1, 0.15) is 33.6 Å². The minimum atomic E-state index is -0.433. The van der Waals surface area contributed by atoms with E-state index in [2.05, 4.69) is 31.9 Å². The third-order valence-electron chi connectivity index (χ3n) is 3.39. The van der Waals surface area contributed by atoms with Crippen LogP contribution < -0.4 is 0 Å². The molecule has 1 heterocycles. The van der Waals surface area contributed by atoms with E-state index in [0.29, 0.717) is 5.92 Å². The highest BCUT2D eigenvalue weighted by molar-refractivity contribution is 9.28. The van der Waals surface area contributed by atoms with E-state index in [1.54, 1.807) is 0 Å². The Kier molecular flexibility index (Phi) is 4.12. The van der Waals surface area contributed by atoms with Crippen LogP contribution in [0.4, 0.5) is 4.79 Å². The van der Waals surface area contributed by atoms with E-state index >= 15 is 0 Å². The van der Waals surface area contributed by atoms with E-state index < -0.39 is 5.60 Å². The van der Waals surface area contributed by atoms with Crippen molar-refractivity contribution in [1.29, 1.82) is 0 Å². The zero-order chi connectivity index (χ0) is 13.5. The molecule has 5 heteroatoms. The van der Waals surface area contributed by atoms with Gasteiger partial charge in [-0.25, -0.2) is 4.79 Å². The molecule has 0 bridgehead atoms. The molecule has 1 amide bonds. The van der Waals surface area contributed by atoms with E-state index in [4.69, 9.17) is 4.74 Å². The largest absolute Gasteiger partial charge is 0.444 e. The first kappa shape index (κ1) is 14.4. The molecule has 2 aliphatic rings. The molecule has 0 unspecified atom stereocenters. The quantitative estimate of drug-likeness (QED) is 0.680. The maximum Gasteiger partial charge on any atom is 0.410 e. The van der Waals surface area contributed by atoms with Gasteiger partial charge in [0.2, 0.25) is 0 Å². The molecule has 0 spiro atoms. The maximum absolute atomic E-state index is 12.2. The molecule has 0 N–H and O–H groups in total. The molecule has 1 saturated carbocycles. The summed E-state index contributed by atoms with van der Waals surface area (Å²) < 4.78 is 6.38. The highest BCUT2D eigenvalue weighted by atomic mass is 79.9. The predicted molar refractivity (Wildman–Crippen MR) is 78.9 cm³/mol. The van der Waals surface area contributed by atoms with E-state index in [1.165, 1.54) is 6.42 Å². The van der Waals surface area contributed by atoms with Crippen molar-refractivity contribution >= 4 is 38.0 Å². The first-order chi connectivity index (χ1) is 8.26. The fourth-order valence-corrected chi connectivity index (χ4v) is 3.09. The van der Waals surface area contributed by atoms with Crippen molar-refractivity contribution < 1.29 is 9.53 Å². The number of ether oxygens (including phenoxy) is 1. The van der Waals surface area contributed by atoms with Crippen LogP contribution in [0.5, 0.6) is 0 Å². The van der Waals surface area contributed by atoms with Crippen molar-refractivity contribution in [3.63, 3.8) is 0 Å². The van der Waals surface area contributed by atoms with Crippen molar-refractivity contribution in [2.24, 2.45) is 11.8 Å². The summed E-state index contributed by atoms with van der Waals surface area (Å²) in [6, 6.07) is 0.136. The number of rotatable bonds is 1. The molecule has 1 aliphatic heterocycles. The van der Waals surface area contributed by atoms with Crippen molar-refractivity contribution in [2.75, 3.05) is 6.54 Å². The van der Waals surface area contributed by atoms with Gasteiger partial charge in [0.15, 0.2) is 0 Å². The van der Waals surface area contributed by atoms with Gasteiger partial charge in [0, 0.05) is 6.54 Å². The summed E-state index contributed by atoms with van der Waals surface area (Å²) in [6.07, 6.45) is 4.14. The molecule has 1 saturated heterocycles. The van der Waals surface area contributed by atoms with Gasteiger partial charge in [-0.15, -0.1) is 0 Å². The molecule has 0 aromatic rings. The standard InChI is InChI=1S/C13H19Br2NO2/c1-13(2,3)18-12(17)16-7-9-4-8(9)5-10(16)6-11(14)15/h6,8-10H,4-5,7H2,1-3H3/t8-,9+,10-/m0/s1. The third kappa shape index (κ3) is 3.73. The van der Waals surface area contributed by atoms with Crippen LogP contribution >= 0.6 is 31.9 Å². The minimum absolute atomic E-state index is 0.136. The lowest BCUT2D eigenvalue weighted by atomic mass is 10.0. The predicted octanol–water partition coefficient (Wildman–Crippen LogP) is 4.26. The van der Waals surface area contributed by atoms with Crippen LogP contribution in [-0.2, 0) is 4.74 Å². The molecule has 2 fully saturated rings. The fourth-order valence-electron chi connectivity index (χ4n) is 2.48. The number of fused-ring (bicyclic) bond motifs is 1. The molecule has 0 radical (unpaired) electrons. The molecule has 3 atom stereocenters. The second-order valence-electron chi connectivity index (χ2n) is 6.15. The summed E-state index contributed by atoms with van der Waals surface area (Å²) in [6.45, 7) is 6.54. The molecule has 3 nitrogen and oxygen atoms in total. The molecule has 102 valence electrons. The average molecular weight is 381 g/mol. The highest BCUT2D eigenvalue weighted by Crippen LogP contribution is 2.47. The van der Waals surface area contributed by atoms with Crippen molar-refractivity contribution in [3.05, 3.63) is 9.47 Å². The summed E-state index contributed by atoms with van der Waals surface area (Å²) in [5.74, 6) is 1.49. The number of carbonyl (C=O) groups excluding carboxylic acids is 1. The number of likely N-dealkylation sites (tertiary alicyclic amines) is 1. The van der Waals surface area contributed by atoms with Gasteiger partial charge in [-0.2, -0.15) is 0 Å². The molecular weight excluding hydrogens is 362 g/mol. The van der Waals surface area contributed by atoms with Crippen LogP contribution in [0.3, 0.4) is 0 Å². The van der Waals surface area contributed by atoms with Gasteiger partial charge >= 0.3 is 6.09 Å². The zero-order valence-corrected chi connectivity index (χ0v) is 14.1. The van der Waals surface area contributed by atoms with Crippen molar-refractivity contribution in [1.82, 2.24) is 4.90 Å². The van der Waals surface area contributed by atoms with Crippen LogP contribution in [0.2, 0.25) is 0 Å². The lowest BCUT2D eigenvalue weighted by molar-refractivity contribution is 0.0139. The van der Waals surface area contributed by atoms with Gasteiger partial charge in [-0.3, -0.25) is 0 Å². The van der Waals surface area contributed by atoms with E-state index in [1.807, 2.05) is 31.7 Å². The summed E-state index contributed by atoms with van der Waals surface area (Å²) in [7, 11) is 0. The van der Waals surface area contributed by atoms with Gasteiger partial charge in [-0.05, 0) is 83.4 Å². The van der Waals surface area contributed by atoms with Gasteiger partial charge in [0.05, 0.1) is 9.43 Å². The number of piperidine rings is 1. The van der Waals surface area contributed by atoms with Crippen LogP contribution in [-0.4, -0.2) is 29.2 Å². The van der Waals surface area contributed by atoms with E-state index in [-0.39, 0.29) is 12.1 Å². The van der Waals surface area contributed by atoms with Gasteiger partial charge < -0.3 is 9.64 Å². The molecule has 0 aromatic carbocycles. The van der Waals surface area contributed by atoms with Crippen LogP contribution in [0.25, 0.3) is 0 Å². The van der Waals surface area contributed by atoms with Crippen molar-refractivity contribution in [2.45, 2.75) is 45.3 Å². The fraction of sp³-hybridized carbons (Fsp3) is 0.769. The van der Waals surface area contributed by atoms with Crippen LogP contribution in [0.15, 0.2) is 9.47 Å². The Hall–Kier alpha value is -0.0300. The van der Waals surface area contributed by atoms with Gasteiger partial charge in [-0.1, -0.05) is 0 Å². The number of nitrogens with zero attached hydrogens (tertiary/aromatic N) is 1. The average Bonchev–Trinajstić information content (AvgIpc) is 2.90. The number of carbonyl (C=O) groups is 1. The first-order valence-electron chi connectivity index (χ1n) is 6.28. The Morgan fingerprint density at radius 2 is 1.94 bits per heavy atom. The number of amides is 1. The third-order valence-corrected chi connectivity index (χ3v) is 3.92. The molecule has 0 aromatic heterocycles. The SMILES string of the molecule is CC(C)(C)OC(=O)N1C[C@H]2C[C@H]2C[C@H]1C=C(Br)Br. The Labute approximate surface area is 125 Å². The Balaban J connectivity index is 2.07. The lowest BCUT2D eigenvalue weighted by Gasteiger charge is -2.35. The van der Waals surface area contributed by atoms with Crippen molar-refractivity contribution in [3.8, 4) is 0 Å². The summed E-state index contributed by atoms with van der Waals surface area (Å²) in [5.41, 5.74) is -0.433. The van der Waals surface area contributed by atoms with Gasteiger partial charge in [0.1, 0.15) is 5.60 Å². The molecule has 1 aliphatic carbocycles. The second-order valence-corrected chi connectivity index (χ2v) is 8.92. The zero-order valence-electron chi connectivity index (χ0n) is 11.0. The molecule has 2 rings (SSSR count). The maximum atomic E-state index is 12.2. The highest BCUT2D eigenvalue weighted by Gasteiger charge is 2.47. The monoisotopic (exact) mass is 379 g/mol. The van der Waals surface area contributed by atoms with E-state index in [9.17, 15) is 4.79 Å². The molecule has 18 heavy (non-hydrogen) atoms. The van der Waals surface area contributed by atoms with Gasteiger partial charge in [0.25, 0.3) is 0 Å². The summed E-state index contributed by atoms with van der Waals surface area (Å²) in [5, 5.41) is 0. The Morgan fingerprint density at radius 3 is 2.50 bits per heavy atom. The summed E-state index contributed by atoms with van der Waals surface area (Å²) >= 11 is 6.76. The number of halogens is 2. The van der Waals surface area contributed by atoms with E-state index in [0.717, 1.165) is 22.3 Å². The first-order valence-corrected chi connectivity index (χ1v) is 7.87. The number of hydrogen-bond donors (Lipinski definition) is 0. The topological polar surface area (TPSA) is 29.5 Å². The smallest absolute Gasteiger partial charge is 0.410 e. The lowest BCUT2D eigenvalue weighted by Crippen LogP contribution is -2.46. The Morgan fingerprint density at radius 1 is 1.28 bits per heavy atom. The second kappa shape index (κ2) is 5.16. The van der Waals surface area contributed by atoms with Crippen LogP contribution in [0, 0.1) is 11.8 Å². The Bertz CT molecular complexity index is 372.